The van der Waals surface area contributed by atoms with Crippen molar-refractivity contribution in [2.75, 3.05) is 6.61 Å². The van der Waals surface area contributed by atoms with Crippen LogP contribution in [-0.2, 0) is 16.1 Å². The smallest absolute Gasteiger partial charge is 0.349 e. The largest absolute Gasteiger partial charge is 0.453 e. The third-order valence-electron chi connectivity index (χ3n) is 3.72. The van der Waals surface area contributed by atoms with Gasteiger partial charge >= 0.3 is 5.97 Å². The predicted molar refractivity (Wildman–Crippen MR) is 106 cm³/mol. The molecule has 0 saturated heterocycles. The Morgan fingerprint density at radius 3 is 2.56 bits per heavy atom. The third kappa shape index (κ3) is 4.90. The third-order valence-corrected chi connectivity index (χ3v) is 5.74. The van der Waals surface area contributed by atoms with Crippen LogP contribution in [0.2, 0.25) is 0 Å². The molecule has 3 aromatic rings. The molecule has 0 radical (unpaired) electrons. The fourth-order valence-electron chi connectivity index (χ4n) is 2.41. The van der Waals surface area contributed by atoms with Crippen LogP contribution in [0.1, 0.15) is 31.1 Å². The van der Waals surface area contributed by atoms with Crippen LogP contribution in [-0.4, -0.2) is 24.3 Å². The molecule has 0 aliphatic rings. The maximum Gasteiger partial charge on any atom is 0.349 e. The molecule has 1 N–H and O–H groups in total. The highest BCUT2D eigenvalue weighted by molar-refractivity contribution is 7.14. The average Bonchev–Trinajstić information content (AvgIpc) is 3.34. The fraction of sp³-hybridized carbons (Fsp3) is 0.150. The highest BCUT2D eigenvalue weighted by Crippen LogP contribution is 2.29. The lowest BCUT2D eigenvalue weighted by atomic mass is 10.1. The van der Waals surface area contributed by atoms with Crippen LogP contribution >= 0.6 is 22.7 Å². The molecule has 138 valence electrons. The van der Waals surface area contributed by atoms with Crippen molar-refractivity contribution in [3.63, 3.8) is 0 Å². The van der Waals surface area contributed by atoms with Crippen molar-refractivity contribution in [3.05, 3.63) is 68.5 Å². The van der Waals surface area contributed by atoms with Gasteiger partial charge in [0.25, 0.3) is 0 Å². The number of ether oxygens (including phenoxy) is 1. The van der Waals surface area contributed by atoms with Gasteiger partial charge in [-0.15, -0.1) is 22.7 Å². The van der Waals surface area contributed by atoms with Crippen LogP contribution in [0.15, 0.2) is 53.9 Å². The monoisotopic (exact) mass is 399 g/mol. The first-order valence-corrected chi connectivity index (χ1v) is 9.90. The molecule has 0 atom stereocenters. The first-order valence-electron chi connectivity index (χ1n) is 8.21. The van der Waals surface area contributed by atoms with Crippen LogP contribution in [0, 0.1) is 0 Å². The van der Waals surface area contributed by atoms with E-state index in [1.807, 2.05) is 41.8 Å². The van der Waals surface area contributed by atoms with E-state index in [4.69, 9.17) is 4.74 Å². The zero-order valence-electron chi connectivity index (χ0n) is 14.6. The molecule has 3 rings (SSSR count). The molecule has 2 aromatic heterocycles. The summed E-state index contributed by atoms with van der Waals surface area (Å²) in [6, 6.07) is 14.9. The number of rotatable bonds is 7. The Morgan fingerprint density at radius 2 is 1.81 bits per heavy atom. The minimum absolute atomic E-state index is 0.129. The van der Waals surface area contributed by atoms with Crippen molar-refractivity contribution >= 4 is 40.3 Å². The molecule has 27 heavy (non-hydrogen) atoms. The SMILES string of the molecule is CC(=O)NCc1ccc(C(=O)COC(=O)c2sccc2-c2ccccc2)s1. The average molecular weight is 399 g/mol. The number of carbonyl (C=O) groups excluding carboxylic acids is 3. The maximum atomic E-state index is 12.4. The molecule has 7 heteroatoms. The molecule has 2 heterocycles. The lowest BCUT2D eigenvalue weighted by Gasteiger charge is -2.05. The summed E-state index contributed by atoms with van der Waals surface area (Å²) >= 11 is 2.57. The Bertz CT molecular complexity index is 959. The van der Waals surface area contributed by atoms with E-state index >= 15 is 0 Å². The Balaban J connectivity index is 1.61. The van der Waals surface area contributed by atoms with Crippen LogP contribution < -0.4 is 5.32 Å². The Morgan fingerprint density at radius 1 is 1.04 bits per heavy atom. The minimum Gasteiger partial charge on any atom is -0.453 e. The van der Waals surface area contributed by atoms with Crippen molar-refractivity contribution in [1.82, 2.24) is 5.32 Å². The number of hydrogen-bond donors (Lipinski definition) is 1. The molecule has 5 nitrogen and oxygen atoms in total. The highest BCUT2D eigenvalue weighted by atomic mass is 32.1. The van der Waals surface area contributed by atoms with Gasteiger partial charge in [-0.05, 0) is 29.1 Å². The molecule has 1 aromatic carbocycles. The summed E-state index contributed by atoms with van der Waals surface area (Å²) in [5, 5.41) is 4.51. The molecular formula is C20H17NO4S2. The van der Waals surface area contributed by atoms with Gasteiger partial charge in [-0.1, -0.05) is 30.3 Å². The minimum atomic E-state index is -0.507. The van der Waals surface area contributed by atoms with E-state index < -0.39 is 5.97 Å². The van der Waals surface area contributed by atoms with Crippen molar-refractivity contribution in [3.8, 4) is 11.1 Å². The van der Waals surface area contributed by atoms with E-state index in [-0.39, 0.29) is 18.3 Å². The van der Waals surface area contributed by atoms with E-state index in [9.17, 15) is 14.4 Å². The Labute approximate surface area is 164 Å². The number of esters is 1. The first kappa shape index (κ1) is 19.0. The van der Waals surface area contributed by atoms with E-state index in [0.29, 0.717) is 16.3 Å². The number of nitrogens with one attached hydrogen (secondary N) is 1. The topological polar surface area (TPSA) is 72.5 Å². The normalized spacial score (nSPS) is 10.4. The van der Waals surface area contributed by atoms with Gasteiger partial charge in [-0.25, -0.2) is 4.79 Å². The van der Waals surface area contributed by atoms with Gasteiger partial charge in [0.2, 0.25) is 11.7 Å². The summed E-state index contributed by atoms with van der Waals surface area (Å²) in [7, 11) is 0. The first-order chi connectivity index (χ1) is 13.0. The highest BCUT2D eigenvalue weighted by Gasteiger charge is 2.18. The van der Waals surface area contributed by atoms with Crippen molar-refractivity contribution in [2.45, 2.75) is 13.5 Å². The molecular weight excluding hydrogens is 382 g/mol. The van der Waals surface area contributed by atoms with Crippen molar-refractivity contribution < 1.29 is 19.1 Å². The zero-order chi connectivity index (χ0) is 19.2. The second-order valence-corrected chi connectivity index (χ2v) is 7.79. The molecule has 0 aliphatic carbocycles. The van der Waals surface area contributed by atoms with Gasteiger partial charge in [0.05, 0.1) is 11.4 Å². The quantitative estimate of drug-likeness (QED) is 0.478. The maximum absolute atomic E-state index is 12.4. The van der Waals surface area contributed by atoms with Gasteiger partial charge in [0, 0.05) is 17.4 Å². The Hall–Kier alpha value is -2.77. The molecule has 0 unspecified atom stereocenters. The molecule has 1 amide bonds. The summed E-state index contributed by atoms with van der Waals surface area (Å²) in [4.78, 5) is 37.5. The zero-order valence-corrected chi connectivity index (χ0v) is 16.2. The molecule has 0 bridgehead atoms. The number of benzene rings is 1. The van der Waals surface area contributed by atoms with Gasteiger partial charge in [-0.2, -0.15) is 0 Å². The van der Waals surface area contributed by atoms with Gasteiger partial charge in [-0.3, -0.25) is 9.59 Å². The van der Waals surface area contributed by atoms with Crippen LogP contribution in [0.3, 0.4) is 0 Å². The number of amides is 1. The van der Waals surface area contributed by atoms with E-state index in [1.165, 1.54) is 29.6 Å². The summed E-state index contributed by atoms with van der Waals surface area (Å²) in [6.07, 6.45) is 0. The van der Waals surface area contributed by atoms with Gasteiger partial charge < -0.3 is 10.1 Å². The van der Waals surface area contributed by atoms with E-state index in [1.54, 1.807) is 12.1 Å². The second kappa shape index (κ2) is 8.75. The summed E-state index contributed by atoms with van der Waals surface area (Å²) in [5.74, 6) is -0.900. The predicted octanol–water partition coefficient (Wildman–Crippen LogP) is 4.15. The van der Waals surface area contributed by atoms with Gasteiger partial charge in [0.1, 0.15) is 4.88 Å². The van der Waals surface area contributed by atoms with E-state index in [0.717, 1.165) is 16.0 Å². The van der Waals surface area contributed by atoms with Crippen LogP contribution in [0.4, 0.5) is 0 Å². The number of Topliss-reactive ketones (excluding diaryl/α,β-unsaturated/α-hetero) is 1. The van der Waals surface area contributed by atoms with Crippen molar-refractivity contribution in [2.24, 2.45) is 0 Å². The fourth-order valence-corrected chi connectivity index (χ4v) is 4.09. The number of ketones is 1. The summed E-state index contributed by atoms with van der Waals surface area (Å²) in [5.41, 5.74) is 1.73. The number of carbonyl (C=O) groups is 3. The summed E-state index contributed by atoms with van der Waals surface area (Å²) < 4.78 is 5.23. The van der Waals surface area contributed by atoms with Crippen LogP contribution in [0.25, 0.3) is 11.1 Å². The lowest BCUT2D eigenvalue weighted by Crippen LogP contribution is -2.18. The lowest BCUT2D eigenvalue weighted by molar-refractivity contribution is -0.119. The number of hydrogen-bond acceptors (Lipinski definition) is 6. The summed E-state index contributed by atoms with van der Waals surface area (Å²) in [6.45, 7) is 1.50. The molecule has 0 spiro atoms. The van der Waals surface area contributed by atoms with Crippen molar-refractivity contribution in [1.29, 1.82) is 0 Å². The van der Waals surface area contributed by atoms with Gasteiger partial charge in [0.15, 0.2) is 6.61 Å². The molecule has 0 saturated carbocycles. The Kier molecular flexibility index (Phi) is 6.16. The second-order valence-electron chi connectivity index (χ2n) is 5.70. The molecule has 0 aliphatic heterocycles. The molecule has 0 fully saturated rings. The number of thiophene rings is 2. The van der Waals surface area contributed by atoms with Crippen LogP contribution in [0.5, 0.6) is 0 Å². The standard InChI is InChI=1S/C20H17NO4S2/c1-13(22)21-11-15-7-8-18(27-15)17(23)12-25-20(24)19-16(9-10-26-19)14-5-3-2-4-6-14/h2-10H,11-12H2,1H3,(H,21,22). The van der Waals surface area contributed by atoms with E-state index in [2.05, 4.69) is 5.32 Å².